The highest BCUT2D eigenvalue weighted by Crippen LogP contribution is 2.31. The Hall–Kier alpha value is -2.37. The Morgan fingerprint density at radius 2 is 2.00 bits per heavy atom. The summed E-state index contributed by atoms with van der Waals surface area (Å²) in [4.78, 5) is 20.7. The van der Waals surface area contributed by atoms with Gasteiger partial charge in [0, 0.05) is 10.7 Å². The Balaban J connectivity index is 1.79. The van der Waals surface area contributed by atoms with Crippen molar-refractivity contribution in [2.45, 2.75) is 26.7 Å². The number of aryl methyl sites for hydroxylation is 1. The molecule has 0 atom stereocenters. The van der Waals surface area contributed by atoms with Gasteiger partial charge in [-0.1, -0.05) is 55.2 Å². The first-order valence-corrected chi connectivity index (χ1v) is 9.24. The van der Waals surface area contributed by atoms with E-state index in [0.717, 1.165) is 16.8 Å². The Morgan fingerprint density at radius 1 is 1.22 bits per heavy atom. The second kappa shape index (κ2) is 8.11. The van der Waals surface area contributed by atoms with Crippen molar-refractivity contribution in [2.24, 2.45) is 0 Å². The molecule has 1 aromatic heterocycles. The topological polar surface area (TPSA) is 64.1 Å². The third kappa shape index (κ3) is 4.31. The first kappa shape index (κ1) is 19.4. The highest BCUT2D eigenvalue weighted by atomic mass is 35.5. The Morgan fingerprint density at radius 3 is 2.74 bits per heavy atom. The largest absolute Gasteiger partial charge is 0.467 e. The molecule has 140 valence electrons. The molecule has 0 aliphatic carbocycles. The number of benzene rings is 2. The lowest BCUT2D eigenvalue weighted by molar-refractivity contribution is -0.118. The van der Waals surface area contributed by atoms with Crippen LogP contribution in [0.2, 0.25) is 10.0 Å². The van der Waals surface area contributed by atoms with Crippen LogP contribution in [0.1, 0.15) is 30.9 Å². The van der Waals surface area contributed by atoms with Crippen molar-refractivity contribution in [3.05, 3.63) is 57.8 Å². The number of halogens is 2. The van der Waals surface area contributed by atoms with E-state index in [1.807, 2.05) is 25.1 Å². The van der Waals surface area contributed by atoms with Gasteiger partial charge in [-0.05, 0) is 36.1 Å². The van der Waals surface area contributed by atoms with Crippen molar-refractivity contribution in [3.63, 3.8) is 0 Å². The lowest BCUT2D eigenvalue weighted by Crippen LogP contribution is -2.22. The monoisotopic (exact) mass is 403 g/mol. The number of hydrogen-bond acceptors (Lipinski definition) is 4. The van der Waals surface area contributed by atoms with E-state index in [9.17, 15) is 4.79 Å². The molecule has 5 nitrogen and oxygen atoms in total. The summed E-state index contributed by atoms with van der Waals surface area (Å²) in [6.07, 6.45) is 1.34. The van der Waals surface area contributed by atoms with Gasteiger partial charge in [0.2, 0.25) is 5.88 Å². The van der Waals surface area contributed by atoms with Crippen LogP contribution in [0, 0.1) is 6.92 Å². The summed E-state index contributed by atoms with van der Waals surface area (Å²) >= 11 is 12.2. The summed E-state index contributed by atoms with van der Waals surface area (Å²) in [5.74, 6) is 0.274. The molecule has 0 radical (unpaired) electrons. The number of hydrogen-bond donors (Lipinski definition) is 1. The number of aromatic nitrogens is 2. The van der Waals surface area contributed by atoms with Crippen LogP contribution >= 0.6 is 23.2 Å². The van der Waals surface area contributed by atoms with Gasteiger partial charge in [-0.3, -0.25) is 4.79 Å². The van der Waals surface area contributed by atoms with Crippen LogP contribution in [0.3, 0.4) is 0 Å². The number of fused-ring (bicyclic) bond motifs is 1. The SMILES string of the molecule is Cc1cccc(C(C)C)c1NC(=O)COc1ncnc2c(Cl)cc(Cl)cc12. The molecule has 1 N–H and O–H groups in total. The number of nitrogens with one attached hydrogen (secondary N) is 1. The number of ether oxygens (including phenoxy) is 1. The number of carbonyl (C=O) groups is 1. The van der Waals surface area contributed by atoms with E-state index in [1.54, 1.807) is 12.1 Å². The zero-order valence-corrected chi connectivity index (χ0v) is 16.7. The van der Waals surface area contributed by atoms with Crippen molar-refractivity contribution >= 4 is 45.7 Å². The lowest BCUT2D eigenvalue weighted by atomic mass is 9.98. The average molecular weight is 404 g/mol. The van der Waals surface area contributed by atoms with Gasteiger partial charge in [0.05, 0.1) is 15.9 Å². The van der Waals surface area contributed by atoms with Crippen LogP contribution in [0.4, 0.5) is 5.69 Å². The molecule has 0 spiro atoms. The average Bonchev–Trinajstić information content (AvgIpc) is 2.61. The van der Waals surface area contributed by atoms with E-state index in [2.05, 4.69) is 29.1 Å². The maximum Gasteiger partial charge on any atom is 0.262 e. The minimum atomic E-state index is -0.272. The molecular formula is C20H19Cl2N3O2. The number of nitrogens with zero attached hydrogens (tertiary/aromatic N) is 2. The smallest absolute Gasteiger partial charge is 0.262 e. The first-order chi connectivity index (χ1) is 12.9. The molecule has 27 heavy (non-hydrogen) atoms. The highest BCUT2D eigenvalue weighted by Gasteiger charge is 2.14. The number of carbonyl (C=O) groups excluding carboxylic acids is 1. The third-order valence-corrected chi connectivity index (χ3v) is 4.66. The minimum Gasteiger partial charge on any atom is -0.467 e. The molecular weight excluding hydrogens is 385 g/mol. The number of rotatable bonds is 5. The Labute approximate surface area is 167 Å². The molecule has 1 heterocycles. The lowest BCUT2D eigenvalue weighted by Gasteiger charge is -2.16. The van der Waals surface area contributed by atoms with E-state index in [-0.39, 0.29) is 24.3 Å². The zero-order valence-electron chi connectivity index (χ0n) is 15.2. The van der Waals surface area contributed by atoms with E-state index in [1.165, 1.54) is 6.33 Å². The summed E-state index contributed by atoms with van der Waals surface area (Å²) in [7, 11) is 0. The second-order valence-electron chi connectivity index (χ2n) is 6.49. The van der Waals surface area contributed by atoms with Crippen molar-refractivity contribution in [2.75, 3.05) is 11.9 Å². The zero-order chi connectivity index (χ0) is 19.6. The van der Waals surface area contributed by atoms with Gasteiger partial charge in [-0.25, -0.2) is 9.97 Å². The van der Waals surface area contributed by atoms with E-state index in [0.29, 0.717) is 20.9 Å². The van der Waals surface area contributed by atoms with E-state index >= 15 is 0 Å². The van der Waals surface area contributed by atoms with Crippen LogP contribution in [-0.4, -0.2) is 22.5 Å². The van der Waals surface area contributed by atoms with Crippen LogP contribution in [0.5, 0.6) is 5.88 Å². The quantitative estimate of drug-likeness (QED) is 0.620. The van der Waals surface area contributed by atoms with Crippen LogP contribution < -0.4 is 10.1 Å². The summed E-state index contributed by atoms with van der Waals surface area (Å²) in [6.45, 7) is 5.94. The number of anilines is 1. The van der Waals surface area contributed by atoms with Crippen molar-refractivity contribution in [1.82, 2.24) is 9.97 Å². The van der Waals surface area contributed by atoms with Crippen molar-refractivity contribution in [1.29, 1.82) is 0 Å². The fraction of sp³-hybridized carbons (Fsp3) is 0.250. The minimum absolute atomic E-state index is 0.192. The molecule has 0 unspecified atom stereocenters. The van der Waals surface area contributed by atoms with Gasteiger partial charge in [0.25, 0.3) is 5.91 Å². The molecule has 0 aliphatic heterocycles. The normalized spacial score (nSPS) is 11.0. The molecule has 3 rings (SSSR count). The molecule has 0 saturated heterocycles. The Bertz CT molecular complexity index is 1010. The predicted octanol–water partition coefficient (Wildman–Crippen LogP) is 5.39. The molecule has 7 heteroatoms. The molecule has 0 saturated carbocycles. The maximum atomic E-state index is 12.5. The van der Waals surface area contributed by atoms with Crippen molar-refractivity contribution < 1.29 is 9.53 Å². The second-order valence-corrected chi connectivity index (χ2v) is 7.34. The summed E-state index contributed by atoms with van der Waals surface area (Å²) in [5.41, 5.74) is 3.42. The Kier molecular flexibility index (Phi) is 5.82. The van der Waals surface area contributed by atoms with Gasteiger partial charge in [-0.2, -0.15) is 0 Å². The molecule has 1 amide bonds. The summed E-state index contributed by atoms with van der Waals surface area (Å²) in [6, 6.07) is 9.21. The molecule has 0 aliphatic rings. The summed E-state index contributed by atoms with van der Waals surface area (Å²) < 4.78 is 5.62. The maximum absolute atomic E-state index is 12.5. The molecule has 3 aromatic rings. The number of para-hydroxylation sites is 1. The van der Waals surface area contributed by atoms with E-state index < -0.39 is 0 Å². The van der Waals surface area contributed by atoms with Gasteiger partial charge < -0.3 is 10.1 Å². The van der Waals surface area contributed by atoms with E-state index in [4.69, 9.17) is 27.9 Å². The standard InChI is InChI=1S/C20H19Cl2N3O2/c1-11(2)14-6-4-5-12(3)18(14)25-17(26)9-27-20-15-7-13(21)8-16(22)19(15)23-10-24-20/h4-8,10-11H,9H2,1-3H3,(H,25,26). The fourth-order valence-electron chi connectivity index (χ4n) is 2.84. The third-order valence-electron chi connectivity index (χ3n) is 4.15. The van der Waals surface area contributed by atoms with Gasteiger partial charge in [0.1, 0.15) is 6.33 Å². The van der Waals surface area contributed by atoms with Crippen LogP contribution in [-0.2, 0) is 4.79 Å². The van der Waals surface area contributed by atoms with Crippen LogP contribution in [0.25, 0.3) is 10.9 Å². The fourth-order valence-corrected chi connectivity index (χ4v) is 3.38. The van der Waals surface area contributed by atoms with Crippen molar-refractivity contribution in [3.8, 4) is 5.88 Å². The highest BCUT2D eigenvalue weighted by molar-refractivity contribution is 6.38. The number of amides is 1. The first-order valence-electron chi connectivity index (χ1n) is 8.48. The van der Waals surface area contributed by atoms with Crippen LogP contribution in [0.15, 0.2) is 36.7 Å². The van der Waals surface area contributed by atoms with Gasteiger partial charge >= 0.3 is 0 Å². The molecule has 0 bridgehead atoms. The summed E-state index contributed by atoms with van der Waals surface area (Å²) in [5, 5.41) is 4.34. The molecule has 0 fully saturated rings. The van der Waals surface area contributed by atoms with Gasteiger partial charge in [0.15, 0.2) is 6.61 Å². The molecule has 2 aromatic carbocycles. The van der Waals surface area contributed by atoms with Gasteiger partial charge in [-0.15, -0.1) is 0 Å². The predicted molar refractivity (Wildman–Crippen MR) is 109 cm³/mol.